The Bertz CT molecular complexity index is 590. The fourth-order valence-corrected chi connectivity index (χ4v) is 3.57. The fourth-order valence-electron chi connectivity index (χ4n) is 3.57. The summed E-state index contributed by atoms with van der Waals surface area (Å²) in [4.78, 5) is 51.8. The minimum Gasteiger partial charge on any atom is -0.350 e. The molecule has 8 nitrogen and oxygen atoms in total. The molecule has 1 saturated heterocycles. The number of nitrogens with one attached hydrogen (secondary N) is 2. The van der Waals surface area contributed by atoms with Gasteiger partial charge in [0.1, 0.15) is 5.54 Å². The highest BCUT2D eigenvalue weighted by Crippen LogP contribution is 2.35. The van der Waals surface area contributed by atoms with E-state index >= 15 is 0 Å². The van der Waals surface area contributed by atoms with Crippen molar-refractivity contribution in [1.29, 1.82) is 0 Å². The van der Waals surface area contributed by atoms with E-state index in [4.69, 9.17) is 0 Å². The van der Waals surface area contributed by atoms with Gasteiger partial charge in [0.2, 0.25) is 11.8 Å². The van der Waals surface area contributed by atoms with Crippen molar-refractivity contribution in [2.45, 2.75) is 70.9 Å². The Morgan fingerprint density at radius 3 is 2.38 bits per heavy atom. The average molecular weight is 366 g/mol. The summed E-state index contributed by atoms with van der Waals surface area (Å²) >= 11 is 0. The standard InChI is InChI=1S/C18H30N4O4/c1-5-21(12-13(23)19-17(2,3)4)14(24)8-11-22-15(25)18(20-16(22)26)9-6-7-10-18/h5-12H2,1-4H3,(H,19,23)(H,20,26). The van der Waals surface area contributed by atoms with Crippen molar-refractivity contribution < 1.29 is 19.2 Å². The monoisotopic (exact) mass is 366 g/mol. The van der Waals surface area contributed by atoms with E-state index in [0.717, 1.165) is 17.7 Å². The third-order valence-electron chi connectivity index (χ3n) is 4.84. The molecule has 146 valence electrons. The summed E-state index contributed by atoms with van der Waals surface area (Å²) in [6, 6.07) is -0.418. The van der Waals surface area contributed by atoms with Gasteiger partial charge in [-0.3, -0.25) is 19.3 Å². The second-order valence-corrected chi connectivity index (χ2v) is 8.13. The number of likely N-dealkylation sites (N-methyl/N-ethyl adjacent to an activating group) is 1. The number of urea groups is 1. The van der Waals surface area contributed by atoms with Gasteiger partial charge in [-0.25, -0.2) is 4.79 Å². The van der Waals surface area contributed by atoms with E-state index in [1.165, 1.54) is 4.90 Å². The number of imide groups is 1. The molecule has 2 fully saturated rings. The molecular formula is C18H30N4O4. The Kier molecular flexibility index (Phi) is 5.93. The van der Waals surface area contributed by atoms with Crippen molar-refractivity contribution in [1.82, 2.24) is 20.4 Å². The molecule has 0 aromatic heterocycles. The zero-order valence-corrected chi connectivity index (χ0v) is 16.2. The highest BCUT2D eigenvalue weighted by molar-refractivity contribution is 6.07. The largest absolute Gasteiger partial charge is 0.350 e. The Labute approximate surface area is 154 Å². The van der Waals surface area contributed by atoms with E-state index in [1.807, 2.05) is 20.8 Å². The van der Waals surface area contributed by atoms with Crippen molar-refractivity contribution >= 4 is 23.8 Å². The van der Waals surface area contributed by atoms with Gasteiger partial charge in [-0.05, 0) is 40.5 Å². The third-order valence-corrected chi connectivity index (χ3v) is 4.84. The van der Waals surface area contributed by atoms with Gasteiger partial charge in [0.25, 0.3) is 5.91 Å². The maximum Gasteiger partial charge on any atom is 0.325 e. The molecule has 1 heterocycles. The predicted octanol–water partition coefficient (Wildman–Crippen LogP) is 1.00. The van der Waals surface area contributed by atoms with Gasteiger partial charge in [-0.2, -0.15) is 0 Å². The Morgan fingerprint density at radius 2 is 1.85 bits per heavy atom. The maximum atomic E-state index is 12.6. The molecule has 2 N–H and O–H groups in total. The molecule has 26 heavy (non-hydrogen) atoms. The minimum atomic E-state index is -0.753. The van der Waals surface area contributed by atoms with Crippen LogP contribution in [0.15, 0.2) is 0 Å². The smallest absolute Gasteiger partial charge is 0.325 e. The van der Waals surface area contributed by atoms with Crippen LogP contribution in [0, 0.1) is 0 Å². The van der Waals surface area contributed by atoms with Gasteiger partial charge in [-0.15, -0.1) is 0 Å². The minimum absolute atomic E-state index is 0.0197. The van der Waals surface area contributed by atoms with Gasteiger partial charge in [0.15, 0.2) is 0 Å². The van der Waals surface area contributed by atoms with Crippen LogP contribution in [0.3, 0.4) is 0 Å². The Hall–Kier alpha value is -2.12. The molecule has 0 bridgehead atoms. The topological polar surface area (TPSA) is 98.8 Å². The first kappa shape index (κ1) is 20.2. The van der Waals surface area contributed by atoms with Gasteiger partial charge in [0, 0.05) is 25.0 Å². The summed E-state index contributed by atoms with van der Waals surface area (Å²) in [6.07, 6.45) is 3.19. The Balaban J connectivity index is 1.89. The molecule has 1 aliphatic carbocycles. The first-order valence-corrected chi connectivity index (χ1v) is 9.31. The van der Waals surface area contributed by atoms with Crippen molar-refractivity contribution in [2.75, 3.05) is 19.6 Å². The first-order valence-electron chi connectivity index (χ1n) is 9.31. The maximum absolute atomic E-state index is 12.6. The van der Waals surface area contributed by atoms with Crippen LogP contribution in [0.5, 0.6) is 0 Å². The third kappa shape index (κ3) is 4.53. The second-order valence-electron chi connectivity index (χ2n) is 8.13. The van der Waals surface area contributed by atoms with E-state index in [9.17, 15) is 19.2 Å². The van der Waals surface area contributed by atoms with Gasteiger partial charge in [-0.1, -0.05) is 12.8 Å². The molecule has 0 unspecified atom stereocenters. The van der Waals surface area contributed by atoms with Crippen LogP contribution in [0.1, 0.15) is 59.8 Å². The molecule has 1 spiro atoms. The summed E-state index contributed by atoms with van der Waals surface area (Å²) in [5.74, 6) is -0.696. The SMILES string of the molecule is CCN(CC(=O)NC(C)(C)C)C(=O)CCN1C(=O)NC2(CCCC2)C1=O. The van der Waals surface area contributed by atoms with Gasteiger partial charge in [0.05, 0.1) is 6.54 Å². The number of carbonyl (C=O) groups is 4. The number of hydrogen-bond acceptors (Lipinski definition) is 4. The average Bonchev–Trinajstić information content (AvgIpc) is 3.08. The molecule has 2 rings (SSSR count). The lowest BCUT2D eigenvalue weighted by Gasteiger charge is -2.25. The summed E-state index contributed by atoms with van der Waals surface area (Å²) < 4.78 is 0. The molecule has 0 aromatic carbocycles. The van der Waals surface area contributed by atoms with Gasteiger partial charge >= 0.3 is 6.03 Å². The highest BCUT2D eigenvalue weighted by atomic mass is 16.2. The van der Waals surface area contributed by atoms with Crippen LogP contribution in [0.2, 0.25) is 0 Å². The van der Waals surface area contributed by atoms with Gasteiger partial charge < -0.3 is 15.5 Å². The number of carbonyl (C=O) groups excluding carboxylic acids is 4. The molecule has 0 aromatic rings. The molecule has 0 atom stereocenters. The van der Waals surface area contributed by atoms with Crippen LogP contribution < -0.4 is 10.6 Å². The van der Waals surface area contributed by atoms with E-state index in [1.54, 1.807) is 6.92 Å². The van der Waals surface area contributed by atoms with Crippen LogP contribution in [-0.4, -0.2) is 64.3 Å². The lowest BCUT2D eigenvalue weighted by molar-refractivity contribution is -0.137. The molecule has 5 amide bonds. The van der Waals surface area contributed by atoms with Crippen LogP contribution in [-0.2, 0) is 14.4 Å². The van der Waals surface area contributed by atoms with Crippen molar-refractivity contribution in [2.24, 2.45) is 0 Å². The van der Waals surface area contributed by atoms with E-state index in [0.29, 0.717) is 19.4 Å². The molecule has 8 heteroatoms. The molecule has 1 saturated carbocycles. The quantitative estimate of drug-likeness (QED) is 0.685. The van der Waals surface area contributed by atoms with Crippen molar-refractivity contribution in [3.05, 3.63) is 0 Å². The van der Waals surface area contributed by atoms with Crippen molar-refractivity contribution in [3.63, 3.8) is 0 Å². The van der Waals surface area contributed by atoms with E-state index in [2.05, 4.69) is 10.6 Å². The van der Waals surface area contributed by atoms with Crippen LogP contribution in [0.25, 0.3) is 0 Å². The number of hydrogen-bond donors (Lipinski definition) is 2. The van der Waals surface area contributed by atoms with Crippen molar-refractivity contribution in [3.8, 4) is 0 Å². The van der Waals surface area contributed by atoms with E-state index in [-0.39, 0.29) is 42.8 Å². The molecule has 1 aliphatic heterocycles. The highest BCUT2D eigenvalue weighted by Gasteiger charge is 2.52. The normalized spacial score (nSPS) is 19.0. The molecule has 0 radical (unpaired) electrons. The summed E-state index contributed by atoms with van der Waals surface area (Å²) in [5.41, 5.74) is -1.12. The Morgan fingerprint density at radius 1 is 1.23 bits per heavy atom. The number of amides is 5. The predicted molar refractivity (Wildman–Crippen MR) is 96.2 cm³/mol. The second kappa shape index (κ2) is 7.63. The van der Waals surface area contributed by atoms with Crippen LogP contribution in [0.4, 0.5) is 4.79 Å². The number of rotatable bonds is 6. The summed E-state index contributed by atoms with van der Waals surface area (Å²) in [5, 5.41) is 5.62. The zero-order valence-electron chi connectivity index (χ0n) is 16.2. The molecular weight excluding hydrogens is 336 g/mol. The number of nitrogens with zero attached hydrogens (tertiary/aromatic N) is 2. The summed E-state index contributed by atoms with van der Waals surface area (Å²) in [6.45, 7) is 7.82. The zero-order chi connectivity index (χ0) is 19.5. The lowest BCUT2D eigenvalue weighted by Crippen LogP contribution is -2.48. The van der Waals surface area contributed by atoms with Crippen LogP contribution >= 0.6 is 0 Å². The lowest BCUT2D eigenvalue weighted by atomic mass is 9.98. The first-order chi connectivity index (χ1) is 12.1. The fraction of sp³-hybridized carbons (Fsp3) is 0.778. The molecule has 2 aliphatic rings. The summed E-state index contributed by atoms with van der Waals surface area (Å²) in [7, 11) is 0. The van der Waals surface area contributed by atoms with E-state index < -0.39 is 11.6 Å².